The van der Waals surface area contributed by atoms with Gasteiger partial charge in [0.25, 0.3) is 0 Å². The Morgan fingerprint density at radius 2 is 1.79 bits per heavy atom. The summed E-state index contributed by atoms with van der Waals surface area (Å²) in [7, 11) is 0. The lowest BCUT2D eigenvalue weighted by atomic mass is 9.86. The first kappa shape index (κ1) is 13.9. The molecule has 0 unspecified atom stereocenters. The summed E-state index contributed by atoms with van der Waals surface area (Å²) in [6, 6.07) is 13.6. The molecule has 0 fully saturated rings. The van der Waals surface area contributed by atoms with E-state index in [1.54, 1.807) is 6.07 Å². The van der Waals surface area contributed by atoms with Gasteiger partial charge in [-0.25, -0.2) is 4.98 Å². The van der Waals surface area contributed by atoms with Gasteiger partial charge in [0.2, 0.25) is 0 Å². The van der Waals surface area contributed by atoms with Crippen molar-refractivity contribution in [3.05, 3.63) is 58.9 Å². The highest BCUT2D eigenvalue weighted by atomic mass is 35.5. The fourth-order valence-corrected chi connectivity index (χ4v) is 2.08. The third-order valence-electron chi connectivity index (χ3n) is 2.84. The molecule has 0 saturated carbocycles. The predicted molar refractivity (Wildman–Crippen MR) is 78.7 cm³/mol. The summed E-state index contributed by atoms with van der Waals surface area (Å²) in [6.07, 6.45) is 0. The summed E-state index contributed by atoms with van der Waals surface area (Å²) in [4.78, 5) is 4.22. The predicted octanol–water partition coefficient (Wildman–Crippen LogP) is 4.61. The first-order valence-electron chi connectivity index (χ1n) is 6.30. The van der Waals surface area contributed by atoms with E-state index in [0.29, 0.717) is 11.8 Å². The number of rotatable bonds is 3. The number of nitrogens with zero attached hydrogens (tertiary/aromatic N) is 1. The second-order valence-electron chi connectivity index (χ2n) is 5.49. The van der Waals surface area contributed by atoms with Crippen LogP contribution in [0.2, 0.25) is 5.15 Å². The van der Waals surface area contributed by atoms with Crippen LogP contribution in [0.1, 0.15) is 32.0 Å². The van der Waals surface area contributed by atoms with Gasteiger partial charge < -0.3 is 4.74 Å². The second kappa shape index (κ2) is 5.62. The average molecular weight is 276 g/mol. The van der Waals surface area contributed by atoms with Crippen LogP contribution in [0.15, 0.2) is 42.5 Å². The molecule has 19 heavy (non-hydrogen) atoms. The fourth-order valence-electron chi connectivity index (χ4n) is 1.89. The Hall–Kier alpha value is -1.54. The Morgan fingerprint density at radius 3 is 2.47 bits per heavy atom. The minimum Gasteiger partial charge on any atom is -0.487 e. The molecule has 100 valence electrons. The van der Waals surface area contributed by atoms with Crippen molar-refractivity contribution >= 4 is 11.6 Å². The van der Waals surface area contributed by atoms with Crippen LogP contribution < -0.4 is 4.74 Å². The molecule has 0 amide bonds. The lowest BCUT2D eigenvalue weighted by Crippen LogP contribution is -2.13. The van der Waals surface area contributed by atoms with Gasteiger partial charge in [0.15, 0.2) is 0 Å². The van der Waals surface area contributed by atoms with Crippen LogP contribution in [0, 0.1) is 0 Å². The summed E-state index contributed by atoms with van der Waals surface area (Å²) in [6.45, 7) is 6.94. The van der Waals surface area contributed by atoms with E-state index in [4.69, 9.17) is 16.3 Å². The van der Waals surface area contributed by atoms with E-state index in [1.807, 2.05) is 30.3 Å². The van der Waals surface area contributed by atoms with Crippen molar-refractivity contribution in [2.75, 3.05) is 0 Å². The molecular weight excluding hydrogens is 258 g/mol. The maximum absolute atomic E-state index is 5.88. The van der Waals surface area contributed by atoms with Crippen LogP contribution in [-0.2, 0) is 12.0 Å². The average Bonchev–Trinajstić information content (AvgIpc) is 2.36. The van der Waals surface area contributed by atoms with Gasteiger partial charge >= 0.3 is 0 Å². The van der Waals surface area contributed by atoms with Crippen molar-refractivity contribution in [2.24, 2.45) is 0 Å². The Kier molecular flexibility index (Phi) is 4.11. The molecule has 0 atom stereocenters. The van der Waals surface area contributed by atoms with E-state index < -0.39 is 0 Å². The topological polar surface area (TPSA) is 22.1 Å². The molecule has 2 rings (SSSR count). The summed E-state index contributed by atoms with van der Waals surface area (Å²) in [5.41, 5.74) is 2.08. The molecule has 0 saturated heterocycles. The summed E-state index contributed by atoms with van der Waals surface area (Å²) < 4.78 is 5.88. The molecule has 2 nitrogen and oxygen atoms in total. The number of hydrogen-bond donors (Lipinski definition) is 0. The fraction of sp³-hybridized carbons (Fsp3) is 0.312. The first-order chi connectivity index (χ1) is 8.97. The molecule has 0 N–H and O–H groups in total. The smallest absolute Gasteiger partial charge is 0.130 e. The van der Waals surface area contributed by atoms with E-state index in [1.165, 1.54) is 5.56 Å². The van der Waals surface area contributed by atoms with Gasteiger partial charge in [0.05, 0.1) is 5.69 Å². The van der Waals surface area contributed by atoms with Crippen molar-refractivity contribution in [3.63, 3.8) is 0 Å². The van der Waals surface area contributed by atoms with E-state index in [9.17, 15) is 0 Å². The van der Waals surface area contributed by atoms with Gasteiger partial charge in [-0.3, -0.25) is 0 Å². The van der Waals surface area contributed by atoms with Gasteiger partial charge in [-0.1, -0.05) is 56.6 Å². The molecular formula is C16H18ClNO. The molecule has 0 radical (unpaired) electrons. The van der Waals surface area contributed by atoms with Gasteiger partial charge in [-0.05, 0) is 29.2 Å². The van der Waals surface area contributed by atoms with Gasteiger partial charge in [0, 0.05) is 0 Å². The monoisotopic (exact) mass is 275 g/mol. The zero-order chi connectivity index (χ0) is 13.9. The highest BCUT2D eigenvalue weighted by Crippen LogP contribution is 2.31. The van der Waals surface area contributed by atoms with Gasteiger partial charge in [-0.15, -0.1) is 0 Å². The molecule has 0 aliphatic heterocycles. The lowest BCUT2D eigenvalue weighted by molar-refractivity contribution is 0.293. The van der Waals surface area contributed by atoms with Crippen LogP contribution in [0.5, 0.6) is 5.75 Å². The molecule has 1 aromatic carbocycles. The van der Waals surface area contributed by atoms with E-state index in [2.05, 4.69) is 31.8 Å². The van der Waals surface area contributed by atoms with Crippen LogP contribution in [0.25, 0.3) is 0 Å². The number of ether oxygens (including phenoxy) is 1. The number of para-hydroxylation sites is 1. The Morgan fingerprint density at radius 1 is 1.05 bits per heavy atom. The normalized spacial score (nSPS) is 11.4. The number of aromatic nitrogens is 1. The molecule has 0 aliphatic rings. The van der Waals surface area contributed by atoms with E-state index >= 15 is 0 Å². The Bertz CT molecular complexity index is 561. The maximum atomic E-state index is 5.88. The standard InChI is InChI=1S/C16H18ClNO/c1-16(2,3)13-8-4-5-9-14(13)19-11-12-7-6-10-15(17)18-12/h4-10H,11H2,1-3H3. The summed E-state index contributed by atoms with van der Waals surface area (Å²) in [5.74, 6) is 0.900. The van der Waals surface area contributed by atoms with E-state index in [0.717, 1.165) is 11.4 Å². The zero-order valence-corrected chi connectivity index (χ0v) is 12.2. The second-order valence-corrected chi connectivity index (χ2v) is 5.87. The first-order valence-corrected chi connectivity index (χ1v) is 6.68. The minimum absolute atomic E-state index is 0.0539. The lowest BCUT2D eigenvalue weighted by Gasteiger charge is -2.22. The van der Waals surface area contributed by atoms with E-state index in [-0.39, 0.29) is 5.41 Å². The quantitative estimate of drug-likeness (QED) is 0.763. The van der Waals surface area contributed by atoms with Crippen molar-refractivity contribution in [3.8, 4) is 5.75 Å². The molecule has 1 aromatic heterocycles. The largest absolute Gasteiger partial charge is 0.487 e. The maximum Gasteiger partial charge on any atom is 0.130 e. The summed E-state index contributed by atoms with van der Waals surface area (Å²) in [5, 5.41) is 0.491. The number of benzene rings is 1. The van der Waals surface area contributed by atoms with Gasteiger partial charge in [-0.2, -0.15) is 0 Å². The molecule has 0 aliphatic carbocycles. The SMILES string of the molecule is CC(C)(C)c1ccccc1OCc1cccc(Cl)n1. The number of halogens is 1. The highest BCUT2D eigenvalue weighted by Gasteiger charge is 2.18. The van der Waals surface area contributed by atoms with Crippen LogP contribution in [0.4, 0.5) is 0 Å². The van der Waals surface area contributed by atoms with Crippen molar-refractivity contribution in [2.45, 2.75) is 32.8 Å². The zero-order valence-electron chi connectivity index (χ0n) is 11.5. The third-order valence-corrected chi connectivity index (χ3v) is 3.05. The molecule has 2 aromatic rings. The Labute approximate surface area is 119 Å². The Balaban J connectivity index is 2.16. The molecule has 0 bridgehead atoms. The van der Waals surface area contributed by atoms with Crippen LogP contribution in [-0.4, -0.2) is 4.98 Å². The molecule has 1 heterocycles. The highest BCUT2D eigenvalue weighted by molar-refractivity contribution is 6.29. The number of pyridine rings is 1. The van der Waals surface area contributed by atoms with Crippen molar-refractivity contribution < 1.29 is 4.74 Å². The van der Waals surface area contributed by atoms with Crippen molar-refractivity contribution in [1.29, 1.82) is 0 Å². The summed E-state index contributed by atoms with van der Waals surface area (Å²) >= 11 is 5.86. The molecule has 0 spiro atoms. The van der Waals surface area contributed by atoms with Crippen LogP contribution >= 0.6 is 11.6 Å². The third kappa shape index (κ3) is 3.71. The minimum atomic E-state index is 0.0539. The number of hydrogen-bond acceptors (Lipinski definition) is 2. The van der Waals surface area contributed by atoms with Crippen molar-refractivity contribution in [1.82, 2.24) is 4.98 Å². The van der Waals surface area contributed by atoms with Gasteiger partial charge in [0.1, 0.15) is 17.5 Å². The van der Waals surface area contributed by atoms with Crippen LogP contribution in [0.3, 0.4) is 0 Å². The molecule has 3 heteroatoms.